The quantitative estimate of drug-likeness (QED) is 0.396. The van der Waals surface area contributed by atoms with E-state index in [2.05, 4.69) is 0 Å². The Bertz CT molecular complexity index is 1080. The summed E-state index contributed by atoms with van der Waals surface area (Å²) < 4.78 is 26.7. The fourth-order valence-corrected chi connectivity index (χ4v) is 4.35. The number of amides is 2. The molecule has 7 heteroatoms. The van der Waals surface area contributed by atoms with Crippen LogP contribution in [0.5, 0.6) is 0 Å². The molecule has 0 bridgehead atoms. The molecule has 0 aliphatic heterocycles. The first-order valence-corrected chi connectivity index (χ1v) is 11.8. The van der Waals surface area contributed by atoms with Crippen molar-refractivity contribution in [3.8, 4) is 0 Å². The minimum atomic E-state index is -0.422. The van der Waals surface area contributed by atoms with Crippen molar-refractivity contribution in [1.29, 1.82) is 0 Å². The van der Waals surface area contributed by atoms with Crippen LogP contribution in [0, 0.1) is 18.6 Å². The molecule has 0 aliphatic rings. The highest BCUT2D eigenvalue weighted by molar-refractivity contribution is 7.10. The molecule has 0 saturated carbocycles. The number of halogens is 2. The second-order valence-corrected chi connectivity index (χ2v) is 9.10. The molecule has 1 aromatic heterocycles. The Kier molecular flexibility index (Phi) is 8.33. The van der Waals surface area contributed by atoms with Crippen LogP contribution < -0.4 is 0 Å². The molecule has 1 atom stereocenters. The van der Waals surface area contributed by atoms with Crippen LogP contribution in [0.25, 0.3) is 0 Å². The van der Waals surface area contributed by atoms with Gasteiger partial charge in [-0.15, -0.1) is 11.3 Å². The number of rotatable bonds is 9. The average Bonchev–Trinajstić information content (AvgIpc) is 3.22. The zero-order valence-electron chi connectivity index (χ0n) is 19.1. The van der Waals surface area contributed by atoms with Crippen molar-refractivity contribution >= 4 is 23.2 Å². The molecule has 0 saturated heterocycles. The van der Waals surface area contributed by atoms with Crippen LogP contribution >= 0.6 is 11.3 Å². The van der Waals surface area contributed by atoms with Crippen molar-refractivity contribution in [2.75, 3.05) is 6.54 Å². The first kappa shape index (κ1) is 24.6. The molecule has 4 nitrogen and oxygen atoms in total. The number of hydrogen-bond donors (Lipinski definition) is 0. The predicted octanol–water partition coefficient (Wildman–Crippen LogP) is 5.80. The van der Waals surface area contributed by atoms with Crippen molar-refractivity contribution in [3.05, 3.63) is 93.2 Å². The maximum Gasteiger partial charge on any atom is 0.254 e. The van der Waals surface area contributed by atoms with E-state index in [0.717, 1.165) is 16.0 Å². The minimum Gasteiger partial charge on any atom is -0.332 e. The molecule has 3 aromatic rings. The third kappa shape index (κ3) is 6.48. The van der Waals surface area contributed by atoms with E-state index in [-0.39, 0.29) is 30.2 Å². The summed E-state index contributed by atoms with van der Waals surface area (Å²) in [7, 11) is 0. The van der Waals surface area contributed by atoms with Gasteiger partial charge in [-0.3, -0.25) is 9.59 Å². The number of aryl methyl sites for hydroxylation is 1. The Balaban J connectivity index is 1.84. The Hall–Kier alpha value is -3.06. The molecular weight excluding hydrogens is 442 g/mol. The Morgan fingerprint density at radius 2 is 1.55 bits per heavy atom. The van der Waals surface area contributed by atoms with E-state index >= 15 is 0 Å². The van der Waals surface area contributed by atoms with Crippen LogP contribution in [0.15, 0.2) is 60.0 Å². The predicted molar refractivity (Wildman–Crippen MR) is 127 cm³/mol. The van der Waals surface area contributed by atoms with Gasteiger partial charge >= 0.3 is 0 Å². The maximum atomic E-state index is 13.5. The van der Waals surface area contributed by atoms with Crippen molar-refractivity contribution in [3.63, 3.8) is 0 Å². The highest BCUT2D eigenvalue weighted by Gasteiger charge is 2.26. The van der Waals surface area contributed by atoms with E-state index < -0.39 is 5.82 Å². The number of hydrogen-bond acceptors (Lipinski definition) is 3. The lowest BCUT2D eigenvalue weighted by atomic mass is 10.1. The van der Waals surface area contributed by atoms with Gasteiger partial charge in [0.15, 0.2) is 0 Å². The van der Waals surface area contributed by atoms with Gasteiger partial charge in [0, 0.05) is 23.0 Å². The lowest BCUT2D eigenvalue weighted by molar-refractivity contribution is -0.133. The van der Waals surface area contributed by atoms with Gasteiger partial charge in [0.25, 0.3) is 5.91 Å². The molecule has 1 heterocycles. The van der Waals surface area contributed by atoms with Crippen LogP contribution in [-0.4, -0.2) is 34.2 Å². The van der Waals surface area contributed by atoms with Gasteiger partial charge in [-0.05, 0) is 79.2 Å². The lowest BCUT2D eigenvalue weighted by Crippen LogP contribution is -2.46. The number of benzene rings is 2. The van der Waals surface area contributed by atoms with Crippen LogP contribution in [0.1, 0.15) is 46.6 Å². The van der Waals surface area contributed by atoms with Gasteiger partial charge in [-0.2, -0.15) is 0 Å². The standard InChI is InChI=1S/C26H28F2N2O2S/c1-4-19(3)30(26(32)21-7-11-23(28)12-8-21)17-25(31)29(16-24-18(2)13-14-33-24)15-20-5-9-22(27)10-6-20/h5-14,19H,4,15-17H2,1-3H3. The van der Waals surface area contributed by atoms with E-state index in [1.54, 1.807) is 28.4 Å². The highest BCUT2D eigenvalue weighted by atomic mass is 32.1. The SMILES string of the molecule is CCC(C)N(CC(=O)N(Cc1ccc(F)cc1)Cc1sccc1C)C(=O)c1ccc(F)cc1. The number of carbonyl (C=O) groups excluding carboxylic acids is 2. The largest absolute Gasteiger partial charge is 0.332 e. The molecule has 0 fully saturated rings. The van der Waals surface area contributed by atoms with Crippen LogP contribution in [-0.2, 0) is 17.9 Å². The number of carbonyl (C=O) groups is 2. The zero-order valence-corrected chi connectivity index (χ0v) is 19.9. The number of thiophene rings is 1. The third-order valence-electron chi connectivity index (χ3n) is 5.72. The van der Waals surface area contributed by atoms with Crippen molar-refractivity contribution < 1.29 is 18.4 Å². The zero-order chi connectivity index (χ0) is 24.0. The molecule has 0 radical (unpaired) electrons. The lowest BCUT2D eigenvalue weighted by Gasteiger charge is -2.31. The summed E-state index contributed by atoms with van der Waals surface area (Å²) in [6.45, 7) is 6.44. The highest BCUT2D eigenvalue weighted by Crippen LogP contribution is 2.21. The maximum absolute atomic E-state index is 13.5. The summed E-state index contributed by atoms with van der Waals surface area (Å²) in [5.74, 6) is -1.28. The summed E-state index contributed by atoms with van der Waals surface area (Å²) in [5.41, 5.74) is 2.24. The van der Waals surface area contributed by atoms with Gasteiger partial charge in [0.2, 0.25) is 5.91 Å². The summed E-state index contributed by atoms with van der Waals surface area (Å²) in [6.07, 6.45) is 0.669. The minimum absolute atomic E-state index is 0.100. The Morgan fingerprint density at radius 1 is 0.939 bits per heavy atom. The molecule has 2 aromatic carbocycles. The molecule has 1 unspecified atom stereocenters. The first-order chi connectivity index (χ1) is 15.8. The van der Waals surface area contributed by atoms with E-state index in [1.165, 1.54) is 41.3 Å². The molecule has 0 aliphatic carbocycles. The Labute approximate surface area is 197 Å². The van der Waals surface area contributed by atoms with Gasteiger partial charge in [0.05, 0.1) is 6.54 Å². The van der Waals surface area contributed by atoms with Crippen LogP contribution in [0.3, 0.4) is 0 Å². The van der Waals surface area contributed by atoms with Gasteiger partial charge in [-0.25, -0.2) is 8.78 Å². The van der Waals surface area contributed by atoms with Crippen LogP contribution in [0.4, 0.5) is 8.78 Å². The molecule has 2 amide bonds. The molecule has 3 rings (SSSR count). The van der Waals surface area contributed by atoms with E-state index in [0.29, 0.717) is 25.1 Å². The van der Waals surface area contributed by atoms with Gasteiger partial charge in [0.1, 0.15) is 18.2 Å². The molecular formula is C26H28F2N2O2S. The summed E-state index contributed by atoms with van der Waals surface area (Å²) in [5, 5.41) is 1.98. The fraction of sp³-hybridized carbons (Fsp3) is 0.308. The van der Waals surface area contributed by atoms with Crippen LogP contribution in [0.2, 0.25) is 0 Å². The van der Waals surface area contributed by atoms with Gasteiger partial charge in [-0.1, -0.05) is 19.1 Å². The third-order valence-corrected chi connectivity index (χ3v) is 6.73. The topological polar surface area (TPSA) is 40.6 Å². The first-order valence-electron chi connectivity index (χ1n) is 10.9. The van der Waals surface area contributed by atoms with Crippen molar-refractivity contribution in [2.45, 2.75) is 46.3 Å². The second-order valence-electron chi connectivity index (χ2n) is 8.10. The fourth-order valence-electron chi connectivity index (χ4n) is 3.43. The molecule has 0 N–H and O–H groups in total. The second kappa shape index (κ2) is 11.2. The normalized spacial score (nSPS) is 11.8. The average molecular weight is 471 g/mol. The summed E-state index contributed by atoms with van der Waals surface area (Å²) in [4.78, 5) is 30.9. The smallest absolute Gasteiger partial charge is 0.254 e. The van der Waals surface area contributed by atoms with E-state index in [4.69, 9.17) is 0 Å². The van der Waals surface area contributed by atoms with Crippen molar-refractivity contribution in [2.24, 2.45) is 0 Å². The van der Waals surface area contributed by atoms with Gasteiger partial charge < -0.3 is 9.80 Å². The monoisotopic (exact) mass is 470 g/mol. The number of nitrogens with zero attached hydrogens (tertiary/aromatic N) is 2. The van der Waals surface area contributed by atoms with E-state index in [1.807, 2.05) is 32.2 Å². The molecule has 174 valence electrons. The molecule has 0 spiro atoms. The van der Waals surface area contributed by atoms with E-state index in [9.17, 15) is 18.4 Å². The Morgan fingerprint density at radius 3 is 2.09 bits per heavy atom. The van der Waals surface area contributed by atoms with Crippen molar-refractivity contribution in [1.82, 2.24) is 9.80 Å². The summed E-state index contributed by atoms with van der Waals surface area (Å²) >= 11 is 1.57. The summed E-state index contributed by atoms with van der Waals surface area (Å²) in [6, 6.07) is 13.2. The molecule has 33 heavy (non-hydrogen) atoms.